The third-order valence-corrected chi connectivity index (χ3v) is 8.00. The quantitative estimate of drug-likeness (QED) is 0.683. The summed E-state index contributed by atoms with van der Waals surface area (Å²) < 4.78 is 11.2. The molecule has 4 heterocycles. The molecule has 1 aliphatic carbocycles. The molecule has 8 nitrogen and oxygen atoms in total. The molecule has 5 rings (SSSR count). The van der Waals surface area contributed by atoms with Crippen molar-refractivity contribution in [1.29, 1.82) is 5.26 Å². The van der Waals surface area contributed by atoms with Crippen molar-refractivity contribution in [2.75, 3.05) is 40.0 Å². The van der Waals surface area contributed by atoms with Crippen molar-refractivity contribution in [2.45, 2.75) is 50.4 Å². The summed E-state index contributed by atoms with van der Waals surface area (Å²) in [5.74, 6) is 0.345. The predicted molar refractivity (Wildman–Crippen MR) is 118 cm³/mol. The number of methoxy groups -OCH3 is 1. The van der Waals surface area contributed by atoms with Gasteiger partial charge in [0.15, 0.2) is 6.19 Å². The standard InChI is InChI=1S/C23H30ClN5O3/c1-31-21-12-32-5-3-20(21)27-18-7-16-11-28(14-25)13-23(16,8-18)22(30)29-4-2-19-15(10-29)6-17(24)9-26-19/h6,9,16,18,20-21,27H,2-5,7-8,10-13H2,1H3. The molecular weight excluding hydrogens is 430 g/mol. The Morgan fingerprint density at radius 3 is 3.19 bits per heavy atom. The maximum Gasteiger partial charge on any atom is 0.231 e. The number of nitrogens with zero attached hydrogens (tertiary/aromatic N) is 4. The summed E-state index contributed by atoms with van der Waals surface area (Å²) in [5.41, 5.74) is 1.52. The molecule has 5 atom stereocenters. The Hall–Kier alpha value is -1.92. The Morgan fingerprint density at radius 1 is 1.50 bits per heavy atom. The highest BCUT2D eigenvalue weighted by molar-refractivity contribution is 6.30. The highest BCUT2D eigenvalue weighted by atomic mass is 35.5. The fourth-order valence-electron chi connectivity index (χ4n) is 6.23. The van der Waals surface area contributed by atoms with E-state index < -0.39 is 5.41 Å². The summed E-state index contributed by atoms with van der Waals surface area (Å²) in [7, 11) is 1.72. The highest BCUT2D eigenvalue weighted by Crippen LogP contribution is 2.50. The lowest BCUT2D eigenvalue weighted by Crippen LogP contribution is -2.52. The fraction of sp³-hybridized carbons (Fsp3) is 0.696. The third-order valence-electron chi connectivity index (χ3n) is 7.79. The zero-order chi connectivity index (χ0) is 22.3. The normalized spacial score (nSPS) is 34.2. The van der Waals surface area contributed by atoms with Gasteiger partial charge in [-0.05, 0) is 36.8 Å². The number of likely N-dealkylation sites (tertiary alicyclic amines) is 1. The Balaban J connectivity index is 1.34. The molecule has 32 heavy (non-hydrogen) atoms. The van der Waals surface area contributed by atoms with E-state index in [-0.39, 0.29) is 30.0 Å². The maximum absolute atomic E-state index is 14.0. The van der Waals surface area contributed by atoms with E-state index >= 15 is 0 Å². The van der Waals surface area contributed by atoms with E-state index in [0.717, 1.165) is 43.5 Å². The summed E-state index contributed by atoms with van der Waals surface area (Å²) >= 11 is 6.16. The predicted octanol–water partition coefficient (Wildman–Crippen LogP) is 1.57. The number of ether oxygens (including phenoxy) is 2. The third kappa shape index (κ3) is 3.86. The number of hydrogen-bond acceptors (Lipinski definition) is 7. The molecule has 2 saturated heterocycles. The smallest absolute Gasteiger partial charge is 0.231 e. The Labute approximate surface area is 193 Å². The van der Waals surface area contributed by atoms with Gasteiger partial charge in [-0.25, -0.2) is 0 Å². The number of nitrogens with one attached hydrogen (secondary N) is 1. The second-order valence-electron chi connectivity index (χ2n) is 9.62. The molecule has 4 aliphatic rings. The van der Waals surface area contributed by atoms with E-state index in [0.29, 0.717) is 37.8 Å². The number of halogens is 1. The first-order chi connectivity index (χ1) is 15.5. The molecule has 3 aliphatic heterocycles. The van der Waals surface area contributed by atoms with Crippen molar-refractivity contribution >= 4 is 17.5 Å². The van der Waals surface area contributed by atoms with Gasteiger partial charge in [0.1, 0.15) is 0 Å². The highest BCUT2D eigenvalue weighted by Gasteiger charge is 2.59. The molecule has 1 saturated carbocycles. The van der Waals surface area contributed by atoms with Crippen molar-refractivity contribution in [3.05, 3.63) is 28.5 Å². The van der Waals surface area contributed by atoms with Gasteiger partial charge in [-0.3, -0.25) is 9.78 Å². The molecule has 9 heteroatoms. The monoisotopic (exact) mass is 459 g/mol. The van der Waals surface area contributed by atoms with E-state index in [2.05, 4.69) is 16.5 Å². The molecule has 1 N–H and O–H groups in total. The lowest BCUT2D eigenvalue weighted by Gasteiger charge is -2.37. The molecule has 0 spiro atoms. The van der Waals surface area contributed by atoms with Crippen molar-refractivity contribution in [3.63, 3.8) is 0 Å². The van der Waals surface area contributed by atoms with E-state index in [1.165, 1.54) is 0 Å². The van der Waals surface area contributed by atoms with E-state index in [9.17, 15) is 10.1 Å². The average Bonchev–Trinajstić information content (AvgIpc) is 3.32. The number of pyridine rings is 1. The largest absolute Gasteiger partial charge is 0.379 e. The minimum absolute atomic E-state index is 0.0299. The number of carbonyl (C=O) groups excluding carboxylic acids is 1. The molecule has 5 unspecified atom stereocenters. The summed E-state index contributed by atoms with van der Waals surface area (Å²) in [6.45, 7) is 3.67. The number of amides is 1. The molecule has 1 amide bonds. The first-order valence-electron chi connectivity index (χ1n) is 11.5. The minimum Gasteiger partial charge on any atom is -0.379 e. The second kappa shape index (κ2) is 8.79. The Bertz CT molecular complexity index is 923. The summed E-state index contributed by atoms with van der Waals surface area (Å²) in [6, 6.07) is 2.38. The molecule has 172 valence electrons. The number of carbonyl (C=O) groups is 1. The van der Waals surface area contributed by atoms with Crippen LogP contribution in [0.2, 0.25) is 5.02 Å². The summed E-state index contributed by atoms with van der Waals surface area (Å²) in [6.07, 6.45) is 7.28. The number of hydrogen-bond donors (Lipinski definition) is 1. The zero-order valence-electron chi connectivity index (χ0n) is 18.4. The van der Waals surface area contributed by atoms with Crippen LogP contribution >= 0.6 is 11.6 Å². The van der Waals surface area contributed by atoms with Crippen LogP contribution in [0.15, 0.2) is 12.3 Å². The van der Waals surface area contributed by atoms with Gasteiger partial charge < -0.3 is 24.6 Å². The zero-order valence-corrected chi connectivity index (χ0v) is 19.2. The van der Waals surface area contributed by atoms with E-state index in [1.807, 2.05) is 11.0 Å². The van der Waals surface area contributed by atoms with Gasteiger partial charge in [-0.1, -0.05) is 11.6 Å². The SMILES string of the molecule is COC1COCCC1NC1CC2CN(C#N)CC2(C(=O)N2CCc3ncc(Cl)cc3C2)C1. The molecule has 1 aromatic rings. The van der Waals surface area contributed by atoms with Crippen LogP contribution in [0.4, 0.5) is 0 Å². The van der Waals surface area contributed by atoms with E-state index in [4.69, 9.17) is 21.1 Å². The van der Waals surface area contributed by atoms with Gasteiger partial charge in [0.05, 0.1) is 23.1 Å². The maximum atomic E-state index is 14.0. The number of rotatable bonds is 4. The Kier molecular flexibility index (Phi) is 6.01. The van der Waals surface area contributed by atoms with Crippen LogP contribution in [-0.2, 0) is 27.2 Å². The fourth-order valence-corrected chi connectivity index (χ4v) is 6.41. The van der Waals surface area contributed by atoms with Gasteiger partial charge >= 0.3 is 0 Å². The van der Waals surface area contributed by atoms with Crippen LogP contribution in [-0.4, -0.2) is 78.8 Å². The van der Waals surface area contributed by atoms with Crippen molar-refractivity contribution in [2.24, 2.45) is 11.3 Å². The number of nitriles is 1. The molecule has 1 aromatic heterocycles. The molecule has 3 fully saturated rings. The number of fused-ring (bicyclic) bond motifs is 2. The molecule has 0 aromatic carbocycles. The topological polar surface area (TPSA) is 90.7 Å². The molecular formula is C23H30ClN5O3. The summed E-state index contributed by atoms with van der Waals surface area (Å²) in [5, 5.41) is 13.9. The summed E-state index contributed by atoms with van der Waals surface area (Å²) in [4.78, 5) is 22.1. The first kappa shape index (κ1) is 21.9. The van der Waals surface area contributed by atoms with Crippen LogP contribution in [0.5, 0.6) is 0 Å². The Morgan fingerprint density at radius 2 is 2.38 bits per heavy atom. The minimum atomic E-state index is -0.523. The lowest BCUT2D eigenvalue weighted by atomic mass is 9.78. The van der Waals surface area contributed by atoms with Gasteiger partial charge in [0.2, 0.25) is 5.91 Å². The van der Waals surface area contributed by atoms with Gasteiger partial charge in [-0.15, -0.1) is 0 Å². The van der Waals surface area contributed by atoms with Crippen LogP contribution in [0.3, 0.4) is 0 Å². The van der Waals surface area contributed by atoms with Crippen LogP contribution in [0, 0.1) is 22.8 Å². The second-order valence-corrected chi connectivity index (χ2v) is 10.1. The average molecular weight is 460 g/mol. The first-order valence-corrected chi connectivity index (χ1v) is 11.8. The van der Waals surface area contributed by atoms with Gasteiger partial charge in [-0.2, -0.15) is 5.26 Å². The van der Waals surface area contributed by atoms with Crippen molar-refractivity contribution in [1.82, 2.24) is 20.1 Å². The molecule has 0 radical (unpaired) electrons. The molecule has 0 bridgehead atoms. The van der Waals surface area contributed by atoms with Gasteiger partial charge in [0.25, 0.3) is 0 Å². The van der Waals surface area contributed by atoms with E-state index in [1.54, 1.807) is 18.2 Å². The number of aromatic nitrogens is 1. The van der Waals surface area contributed by atoms with Crippen LogP contribution in [0.25, 0.3) is 0 Å². The van der Waals surface area contributed by atoms with Crippen LogP contribution < -0.4 is 5.32 Å². The van der Waals surface area contributed by atoms with Crippen molar-refractivity contribution < 1.29 is 14.3 Å². The lowest BCUT2D eigenvalue weighted by molar-refractivity contribution is -0.143. The van der Waals surface area contributed by atoms with Gasteiger partial charge in [0, 0.05) is 70.3 Å². The van der Waals surface area contributed by atoms with Crippen LogP contribution in [0.1, 0.15) is 30.5 Å². The van der Waals surface area contributed by atoms with Crippen molar-refractivity contribution in [3.8, 4) is 6.19 Å².